The molecule has 98 valence electrons. The molecule has 0 spiro atoms. The van der Waals surface area contributed by atoms with E-state index in [-0.39, 0.29) is 6.10 Å². The molecule has 0 saturated carbocycles. The minimum Gasteiger partial charge on any atom is -0.487 e. The number of hydrogen-bond acceptors (Lipinski definition) is 2. The average molecular weight is 254 g/mol. The number of rotatable bonds is 3. The molecule has 19 heavy (non-hydrogen) atoms. The highest BCUT2D eigenvalue weighted by Crippen LogP contribution is 2.40. The molecule has 2 aromatic rings. The van der Waals surface area contributed by atoms with Crippen molar-refractivity contribution in [2.45, 2.75) is 32.0 Å². The molecule has 0 bridgehead atoms. The van der Waals surface area contributed by atoms with Crippen molar-refractivity contribution in [3.63, 3.8) is 0 Å². The van der Waals surface area contributed by atoms with E-state index in [4.69, 9.17) is 4.74 Å². The molecule has 0 fully saturated rings. The van der Waals surface area contributed by atoms with E-state index in [0.29, 0.717) is 0 Å². The number of ether oxygens (including phenoxy) is 1. The van der Waals surface area contributed by atoms with Gasteiger partial charge in [0.25, 0.3) is 0 Å². The van der Waals surface area contributed by atoms with Crippen LogP contribution in [0.4, 0.5) is 0 Å². The molecule has 2 nitrogen and oxygen atoms in total. The molecular formula is C17H18O2. The van der Waals surface area contributed by atoms with E-state index in [1.165, 1.54) is 0 Å². The van der Waals surface area contributed by atoms with Gasteiger partial charge < -0.3 is 9.84 Å². The maximum Gasteiger partial charge on any atom is 0.129 e. The molecule has 0 aromatic heterocycles. The second kappa shape index (κ2) is 5.06. The molecule has 1 aliphatic heterocycles. The third kappa shape index (κ3) is 2.24. The smallest absolute Gasteiger partial charge is 0.129 e. The molecule has 2 unspecified atom stereocenters. The van der Waals surface area contributed by atoms with Crippen molar-refractivity contribution in [3.8, 4) is 16.9 Å². The fourth-order valence-corrected chi connectivity index (χ4v) is 2.63. The van der Waals surface area contributed by atoms with Crippen molar-refractivity contribution in [3.05, 3.63) is 54.1 Å². The van der Waals surface area contributed by atoms with E-state index in [0.717, 1.165) is 35.3 Å². The van der Waals surface area contributed by atoms with E-state index in [1.807, 2.05) is 30.3 Å². The van der Waals surface area contributed by atoms with Gasteiger partial charge in [-0.05, 0) is 29.7 Å². The minimum absolute atomic E-state index is 0.0916. The van der Waals surface area contributed by atoms with Crippen LogP contribution in [0.5, 0.6) is 5.75 Å². The fraction of sp³-hybridized carbons (Fsp3) is 0.294. The lowest BCUT2D eigenvalue weighted by molar-refractivity contribution is 0.0617. The summed E-state index contributed by atoms with van der Waals surface area (Å²) in [6.45, 7) is 2.11. The highest BCUT2D eigenvalue weighted by atomic mass is 16.5. The van der Waals surface area contributed by atoms with E-state index in [1.54, 1.807) is 0 Å². The molecule has 1 aliphatic rings. The molecule has 2 aromatic carbocycles. The van der Waals surface area contributed by atoms with Crippen LogP contribution in [-0.4, -0.2) is 11.2 Å². The molecule has 1 N–H and O–H groups in total. The Hall–Kier alpha value is -1.80. The molecule has 0 saturated heterocycles. The summed E-state index contributed by atoms with van der Waals surface area (Å²) >= 11 is 0. The number of benzene rings is 2. The van der Waals surface area contributed by atoms with Crippen LogP contribution in [0.3, 0.4) is 0 Å². The lowest BCUT2D eigenvalue weighted by Gasteiger charge is -2.12. The van der Waals surface area contributed by atoms with Crippen LogP contribution in [0.1, 0.15) is 31.4 Å². The fourth-order valence-electron chi connectivity index (χ4n) is 2.63. The van der Waals surface area contributed by atoms with Crippen LogP contribution in [-0.2, 0) is 0 Å². The predicted molar refractivity (Wildman–Crippen MR) is 76.2 cm³/mol. The first-order chi connectivity index (χ1) is 9.29. The topological polar surface area (TPSA) is 29.5 Å². The molecule has 0 radical (unpaired) electrons. The average Bonchev–Trinajstić information content (AvgIpc) is 2.77. The van der Waals surface area contributed by atoms with Crippen molar-refractivity contribution < 1.29 is 9.84 Å². The maximum atomic E-state index is 10.3. The SMILES string of the molecule is CCCC1Oc2ccc(-c3ccccc3)cc2C1O. The lowest BCUT2D eigenvalue weighted by atomic mass is 9.98. The van der Waals surface area contributed by atoms with Crippen LogP contribution in [0.25, 0.3) is 11.1 Å². The zero-order chi connectivity index (χ0) is 13.2. The zero-order valence-corrected chi connectivity index (χ0v) is 11.0. The first-order valence-electron chi connectivity index (χ1n) is 6.83. The highest BCUT2D eigenvalue weighted by Gasteiger charge is 2.32. The summed E-state index contributed by atoms with van der Waals surface area (Å²) in [7, 11) is 0. The molecule has 2 heteroatoms. The van der Waals surface area contributed by atoms with Crippen molar-refractivity contribution in [1.82, 2.24) is 0 Å². The van der Waals surface area contributed by atoms with Gasteiger partial charge in [0.1, 0.15) is 18.0 Å². The summed E-state index contributed by atoms with van der Waals surface area (Å²) in [6.07, 6.45) is 1.31. The summed E-state index contributed by atoms with van der Waals surface area (Å²) < 4.78 is 5.80. The molecular weight excluding hydrogens is 236 g/mol. The first-order valence-corrected chi connectivity index (χ1v) is 6.83. The van der Waals surface area contributed by atoms with Crippen LogP contribution < -0.4 is 4.74 Å². The van der Waals surface area contributed by atoms with E-state index in [9.17, 15) is 5.11 Å². The van der Waals surface area contributed by atoms with Gasteiger partial charge in [-0.2, -0.15) is 0 Å². The number of hydrogen-bond donors (Lipinski definition) is 1. The summed E-state index contributed by atoms with van der Waals surface area (Å²) in [4.78, 5) is 0. The third-order valence-corrected chi connectivity index (χ3v) is 3.64. The maximum absolute atomic E-state index is 10.3. The molecule has 2 atom stereocenters. The molecule has 0 amide bonds. The van der Waals surface area contributed by atoms with E-state index < -0.39 is 6.10 Å². The lowest BCUT2D eigenvalue weighted by Crippen LogP contribution is -2.17. The minimum atomic E-state index is -0.501. The van der Waals surface area contributed by atoms with Crippen molar-refractivity contribution in [2.24, 2.45) is 0 Å². The van der Waals surface area contributed by atoms with Gasteiger partial charge >= 0.3 is 0 Å². The number of aliphatic hydroxyl groups excluding tert-OH is 1. The Bertz CT molecular complexity index is 563. The quantitative estimate of drug-likeness (QED) is 0.898. The monoisotopic (exact) mass is 254 g/mol. The van der Waals surface area contributed by atoms with Crippen molar-refractivity contribution in [1.29, 1.82) is 0 Å². The van der Waals surface area contributed by atoms with Gasteiger partial charge in [-0.15, -0.1) is 0 Å². The largest absolute Gasteiger partial charge is 0.487 e. The number of fused-ring (bicyclic) bond motifs is 1. The van der Waals surface area contributed by atoms with Gasteiger partial charge in [-0.25, -0.2) is 0 Å². The summed E-state index contributed by atoms with van der Waals surface area (Å²) in [5, 5.41) is 10.3. The third-order valence-electron chi connectivity index (χ3n) is 3.64. The Kier molecular flexibility index (Phi) is 3.26. The van der Waals surface area contributed by atoms with Crippen LogP contribution in [0.15, 0.2) is 48.5 Å². The van der Waals surface area contributed by atoms with Crippen molar-refractivity contribution in [2.75, 3.05) is 0 Å². The Labute approximate surface area is 113 Å². The van der Waals surface area contributed by atoms with E-state index in [2.05, 4.69) is 25.1 Å². The zero-order valence-electron chi connectivity index (χ0n) is 11.0. The Morgan fingerprint density at radius 1 is 1.05 bits per heavy atom. The first kappa shape index (κ1) is 12.2. The van der Waals surface area contributed by atoms with Gasteiger partial charge in [0.05, 0.1) is 0 Å². The van der Waals surface area contributed by atoms with E-state index >= 15 is 0 Å². The summed E-state index contributed by atoms with van der Waals surface area (Å²) in [6, 6.07) is 16.3. The van der Waals surface area contributed by atoms with Crippen LogP contribution in [0, 0.1) is 0 Å². The predicted octanol–water partition coefficient (Wildman–Crippen LogP) is 3.95. The number of aliphatic hydroxyl groups is 1. The summed E-state index contributed by atoms with van der Waals surface area (Å²) in [5.41, 5.74) is 3.20. The standard InChI is InChI=1S/C17H18O2/c1-2-6-16-17(18)14-11-13(9-10-15(14)19-16)12-7-4-3-5-8-12/h3-5,7-11,16-18H,2,6H2,1H3. The van der Waals surface area contributed by atoms with Gasteiger partial charge in [0.15, 0.2) is 0 Å². The molecule has 1 heterocycles. The van der Waals surface area contributed by atoms with Gasteiger partial charge in [0, 0.05) is 5.56 Å². The van der Waals surface area contributed by atoms with Gasteiger partial charge in [-0.3, -0.25) is 0 Å². The van der Waals surface area contributed by atoms with Gasteiger partial charge in [0.2, 0.25) is 0 Å². The Morgan fingerprint density at radius 3 is 2.58 bits per heavy atom. The van der Waals surface area contributed by atoms with Crippen LogP contribution in [0.2, 0.25) is 0 Å². The highest BCUT2D eigenvalue weighted by molar-refractivity contribution is 5.66. The van der Waals surface area contributed by atoms with Gasteiger partial charge in [-0.1, -0.05) is 49.7 Å². The summed E-state index contributed by atoms with van der Waals surface area (Å²) in [5.74, 6) is 0.825. The van der Waals surface area contributed by atoms with Crippen molar-refractivity contribution >= 4 is 0 Å². The Balaban J connectivity index is 1.94. The molecule has 0 aliphatic carbocycles. The van der Waals surface area contributed by atoms with Crippen LogP contribution >= 0.6 is 0 Å². The second-order valence-electron chi connectivity index (χ2n) is 5.01. The normalized spacial score (nSPS) is 20.9. The second-order valence-corrected chi connectivity index (χ2v) is 5.01. The Morgan fingerprint density at radius 2 is 1.84 bits per heavy atom. The molecule has 3 rings (SSSR count).